The van der Waals surface area contributed by atoms with E-state index < -0.39 is 0 Å². The van der Waals surface area contributed by atoms with Crippen molar-refractivity contribution in [2.45, 2.75) is 58.7 Å². The molecule has 0 radical (unpaired) electrons. The molecule has 1 aliphatic carbocycles. The zero-order chi connectivity index (χ0) is 12.8. The standard InChI is InChI=1S/C15H26N2O/c1-3-7-16-10-13-9-15(18-12-13)11-17(8-4-2)14-5-6-14/h9,12,14,16H,3-8,10-11H2,1-2H3. The molecule has 102 valence electrons. The summed E-state index contributed by atoms with van der Waals surface area (Å²) >= 11 is 0. The molecule has 1 aromatic rings. The fraction of sp³-hybridized carbons (Fsp3) is 0.733. The molecule has 1 heterocycles. The lowest BCUT2D eigenvalue weighted by atomic mass is 10.3. The maximum Gasteiger partial charge on any atom is 0.118 e. The SMILES string of the molecule is CCCNCc1coc(CN(CCC)C2CC2)c1. The first kappa shape index (κ1) is 13.6. The Morgan fingerprint density at radius 2 is 2.17 bits per heavy atom. The zero-order valence-corrected chi connectivity index (χ0v) is 11.7. The average Bonchev–Trinajstić information content (AvgIpc) is 3.12. The molecular weight excluding hydrogens is 224 g/mol. The number of hydrogen-bond donors (Lipinski definition) is 1. The van der Waals surface area contributed by atoms with E-state index in [2.05, 4.69) is 30.1 Å². The summed E-state index contributed by atoms with van der Waals surface area (Å²) in [4.78, 5) is 2.56. The Kier molecular flexibility index (Phi) is 5.26. The first-order valence-electron chi connectivity index (χ1n) is 7.34. The number of hydrogen-bond acceptors (Lipinski definition) is 3. The Bertz CT molecular complexity index is 344. The van der Waals surface area contributed by atoms with Crippen LogP contribution in [0.3, 0.4) is 0 Å². The summed E-state index contributed by atoms with van der Waals surface area (Å²) in [6.45, 7) is 8.60. The second kappa shape index (κ2) is 6.95. The van der Waals surface area contributed by atoms with E-state index in [0.717, 1.165) is 31.4 Å². The van der Waals surface area contributed by atoms with Crippen LogP contribution in [0.2, 0.25) is 0 Å². The predicted octanol–water partition coefficient (Wildman–Crippen LogP) is 3.15. The van der Waals surface area contributed by atoms with E-state index in [4.69, 9.17) is 4.42 Å². The first-order chi connectivity index (χ1) is 8.83. The van der Waals surface area contributed by atoms with Crippen LogP contribution in [0.4, 0.5) is 0 Å². The van der Waals surface area contributed by atoms with Gasteiger partial charge in [0.25, 0.3) is 0 Å². The van der Waals surface area contributed by atoms with Crippen LogP contribution >= 0.6 is 0 Å². The summed E-state index contributed by atoms with van der Waals surface area (Å²) in [5.41, 5.74) is 1.27. The molecule has 0 amide bonds. The van der Waals surface area contributed by atoms with Crippen LogP contribution in [0.1, 0.15) is 50.9 Å². The minimum Gasteiger partial charge on any atom is -0.468 e. The summed E-state index contributed by atoms with van der Waals surface area (Å²) in [6, 6.07) is 3.02. The van der Waals surface area contributed by atoms with Crippen LogP contribution in [-0.2, 0) is 13.1 Å². The highest BCUT2D eigenvalue weighted by Crippen LogP contribution is 2.28. The monoisotopic (exact) mass is 250 g/mol. The second-order valence-electron chi connectivity index (χ2n) is 5.30. The highest BCUT2D eigenvalue weighted by Gasteiger charge is 2.28. The third kappa shape index (κ3) is 4.14. The number of furan rings is 1. The molecular formula is C15H26N2O. The Morgan fingerprint density at radius 3 is 2.83 bits per heavy atom. The lowest BCUT2D eigenvalue weighted by Crippen LogP contribution is -2.26. The van der Waals surface area contributed by atoms with Gasteiger partial charge in [-0.3, -0.25) is 4.90 Å². The third-order valence-electron chi connectivity index (χ3n) is 3.40. The van der Waals surface area contributed by atoms with Gasteiger partial charge in [0, 0.05) is 18.2 Å². The van der Waals surface area contributed by atoms with Crippen LogP contribution < -0.4 is 5.32 Å². The van der Waals surface area contributed by atoms with E-state index >= 15 is 0 Å². The fourth-order valence-corrected chi connectivity index (χ4v) is 2.33. The van der Waals surface area contributed by atoms with Gasteiger partial charge in [-0.2, -0.15) is 0 Å². The van der Waals surface area contributed by atoms with Crippen LogP contribution in [0.15, 0.2) is 16.7 Å². The van der Waals surface area contributed by atoms with Gasteiger partial charge in [0.15, 0.2) is 0 Å². The Morgan fingerprint density at radius 1 is 1.33 bits per heavy atom. The molecule has 3 nitrogen and oxygen atoms in total. The largest absolute Gasteiger partial charge is 0.468 e. The molecule has 0 unspecified atom stereocenters. The predicted molar refractivity (Wildman–Crippen MR) is 74.4 cm³/mol. The maximum atomic E-state index is 5.67. The van der Waals surface area contributed by atoms with Crippen LogP contribution in [0.5, 0.6) is 0 Å². The molecule has 1 saturated carbocycles. The fourth-order valence-electron chi connectivity index (χ4n) is 2.33. The van der Waals surface area contributed by atoms with Gasteiger partial charge < -0.3 is 9.73 Å². The molecule has 1 aromatic heterocycles. The highest BCUT2D eigenvalue weighted by atomic mass is 16.3. The van der Waals surface area contributed by atoms with Crippen molar-refractivity contribution in [3.63, 3.8) is 0 Å². The number of rotatable bonds is 9. The second-order valence-corrected chi connectivity index (χ2v) is 5.30. The smallest absolute Gasteiger partial charge is 0.118 e. The van der Waals surface area contributed by atoms with Crippen molar-refractivity contribution in [1.82, 2.24) is 10.2 Å². The van der Waals surface area contributed by atoms with Crippen molar-refractivity contribution in [3.8, 4) is 0 Å². The molecule has 0 aliphatic heterocycles. The first-order valence-corrected chi connectivity index (χ1v) is 7.34. The zero-order valence-electron chi connectivity index (χ0n) is 11.7. The van der Waals surface area contributed by atoms with Gasteiger partial charge in [-0.25, -0.2) is 0 Å². The lowest BCUT2D eigenvalue weighted by molar-refractivity contribution is 0.234. The summed E-state index contributed by atoms with van der Waals surface area (Å²) in [7, 11) is 0. The van der Waals surface area contributed by atoms with Crippen LogP contribution in [-0.4, -0.2) is 24.0 Å². The van der Waals surface area contributed by atoms with E-state index in [1.54, 1.807) is 0 Å². The van der Waals surface area contributed by atoms with E-state index in [1.807, 2.05) is 6.26 Å². The van der Waals surface area contributed by atoms with Crippen LogP contribution in [0.25, 0.3) is 0 Å². The molecule has 0 bridgehead atoms. The van der Waals surface area contributed by atoms with Crippen molar-refractivity contribution >= 4 is 0 Å². The molecule has 2 rings (SSSR count). The lowest BCUT2D eigenvalue weighted by Gasteiger charge is -2.19. The average molecular weight is 250 g/mol. The maximum absolute atomic E-state index is 5.67. The molecule has 18 heavy (non-hydrogen) atoms. The van der Waals surface area contributed by atoms with Gasteiger partial charge in [-0.15, -0.1) is 0 Å². The Balaban J connectivity index is 1.80. The van der Waals surface area contributed by atoms with E-state index in [-0.39, 0.29) is 0 Å². The summed E-state index contributed by atoms with van der Waals surface area (Å²) < 4.78 is 5.67. The minimum atomic E-state index is 0.816. The molecule has 0 spiro atoms. The van der Waals surface area contributed by atoms with Crippen LogP contribution in [0, 0.1) is 0 Å². The van der Waals surface area contributed by atoms with Gasteiger partial charge in [0.05, 0.1) is 12.8 Å². The van der Waals surface area contributed by atoms with Crippen molar-refractivity contribution in [2.24, 2.45) is 0 Å². The molecule has 1 aliphatic rings. The molecule has 0 atom stereocenters. The molecule has 3 heteroatoms. The Labute approximate surface area is 111 Å². The van der Waals surface area contributed by atoms with Gasteiger partial charge in [0.1, 0.15) is 5.76 Å². The molecule has 0 aromatic carbocycles. The topological polar surface area (TPSA) is 28.4 Å². The number of nitrogens with zero attached hydrogens (tertiary/aromatic N) is 1. The highest BCUT2D eigenvalue weighted by molar-refractivity contribution is 5.13. The van der Waals surface area contributed by atoms with Gasteiger partial charge >= 0.3 is 0 Å². The minimum absolute atomic E-state index is 0.816. The van der Waals surface area contributed by atoms with Crippen molar-refractivity contribution in [1.29, 1.82) is 0 Å². The van der Waals surface area contributed by atoms with Crippen molar-refractivity contribution < 1.29 is 4.42 Å². The number of nitrogens with one attached hydrogen (secondary N) is 1. The van der Waals surface area contributed by atoms with Gasteiger partial charge in [-0.05, 0) is 44.8 Å². The van der Waals surface area contributed by atoms with Gasteiger partial charge in [-0.1, -0.05) is 13.8 Å². The summed E-state index contributed by atoms with van der Waals surface area (Å²) in [5, 5.41) is 3.40. The van der Waals surface area contributed by atoms with Crippen molar-refractivity contribution in [2.75, 3.05) is 13.1 Å². The van der Waals surface area contributed by atoms with Gasteiger partial charge in [0.2, 0.25) is 0 Å². The van der Waals surface area contributed by atoms with E-state index in [9.17, 15) is 0 Å². The Hall–Kier alpha value is -0.800. The normalized spacial score (nSPS) is 15.5. The summed E-state index contributed by atoms with van der Waals surface area (Å²) in [5.74, 6) is 1.11. The summed E-state index contributed by atoms with van der Waals surface area (Å²) in [6.07, 6.45) is 7.03. The molecule has 0 saturated heterocycles. The molecule has 1 fully saturated rings. The third-order valence-corrected chi connectivity index (χ3v) is 3.40. The van der Waals surface area contributed by atoms with E-state index in [0.29, 0.717) is 0 Å². The van der Waals surface area contributed by atoms with Crippen molar-refractivity contribution in [3.05, 3.63) is 23.7 Å². The quantitative estimate of drug-likeness (QED) is 0.682. The molecule has 1 N–H and O–H groups in total. The van der Waals surface area contributed by atoms with E-state index in [1.165, 1.54) is 37.8 Å².